The summed E-state index contributed by atoms with van der Waals surface area (Å²) in [7, 11) is 0. The molecule has 2 rings (SSSR count). The Hall–Kier alpha value is -1.36. The lowest BCUT2D eigenvalue weighted by atomic mass is 10.1. The van der Waals surface area contributed by atoms with Crippen LogP contribution in [0.1, 0.15) is 25.2 Å². The standard InChI is InChI=1S/C16H23NO3/c1-3-17-11-16-14(12-19-10-9-18-4-2)13-7-5-6-8-15(13)20-16/h5-8,17H,3-4,9-12H2,1-2H3. The van der Waals surface area contributed by atoms with Crippen LogP contribution in [0, 0.1) is 0 Å². The van der Waals surface area contributed by atoms with Crippen LogP contribution in [0.4, 0.5) is 0 Å². The second kappa shape index (κ2) is 8.04. The van der Waals surface area contributed by atoms with E-state index in [9.17, 15) is 0 Å². The van der Waals surface area contributed by atoms with Crippen molar-refractivity contribution < 1.29 is 13.9 Å². The van der Waals surface area contributed by atoms with Crippen molar-refractivity contribution in [2.45, 2.75) is 27.0 Å². The summed E-state index contributed by atoms with van der Waals surface area (Å²) in [6.45, 7) is 8.24. The highest BCUT2D eigenvalue weighted by atomic mass is 16.5. The smallest absolute Gasteiger partial charge is 0.134 e. The molecule has 0 bridgehead atoms. The quantitative estimate of drug-likeness (QED) is 0.715. The van der Waals surface area contributed by atoms with Crippen LogP contribution in [0.2, 0.25) is 0 Å². The van der Waals surface area contributed by atoms with Gasteiger partial charge < -0.3 is 19.2 Å². The number of rotatable bonds is 9. The Morgan fingerprint density at radius 2 is 1.90 bits per heavy atom. The summed E-state index contributed by atoms with van der Waals surface area (Å²) in [5, 5.41) is 4.44. The summed E-state index contributed by atoms with van der Waals surface area (Å²) in [4.78, 5) is 0. The van der Waals surface area contributed by atoms with Crippen molar-refractivity contribution in [2.24, 2.45) is 0 Å². The highest BCUT2D eigenvalue weighted by molar-refractivity contribution is 5.82. The highest BCUT2D eigenvalue weighted by Gasteiger charge is 2.13. The average molecular weight is 277 g/mol. The van der Waals surface area contributed by atoms with Crippen molar-refractivity contribution in [1.82, 2.24) is 5.32 Å². The maximum atomic E-state index is 5.91. The molecule has 0 radical (unpaired) electrons. The number of nitrogens with one attached hydrogen (secondary N) is 1. The van der Waals surface area contributed by atoms with E-state index in [1.807, 2.05) is 25.1 Å². The van der Waals surface area contributed by atoms with Gasteiger partial charge in [0.2, 0.25) is 0 Å². The average Bonchev–Trinajstić information content (AvgIpc) is 2.83. The number of ether oxygens (including phenoxy) is 2. The molecule has 0 atom stereocenters. The van der Waals surface area contributed by atoms with Gasteiger partial charge in [-0.05, 0) is 19.5 Å². The Balaban J connectivity index is 2.07. The van der Waals surface area contributed by atoms with E-state index in [2.05, 4.69) is 18.3 Å². The van der Waals surface area contributed by atoms with Gasteiger partial charge in [-0.25, -0.2) is 0 Å². The maximum Gasteiger partial charge on any atom is 0.134 e. The number of hydrogen-bond donors (Lipinski definition) is 1. The monoisotopic (exact) mass is 277 g/mol. The fraction of sp³-hybridized carbons (Fsp3) is 0.500. The zero-order chi connectivity index (χ0) is 14.2. The number of hydrogen-bond acceptors (Lipinski definition) is 4. The number of fused-ring (bicyclic) bond motifs is 1. The van der Waals surface area contributed by atoms with Crippen molar-refractivity contribution >= 4 is 11.0 Å². The largest absolute Gasteiger partial charge is 0.459 e. The first-order valence-corrected chi connectivity index (χ1v) is 7.22. The molecule has 20 heavy (non-hydrogen) atoms. The Labute approximate surface area is 120 Å². The topological polar surface area (TPSA) is 43.6 Å². The second-order valence-electron chi connectivity index (χ2n) is 4.53. The van der Waals surface area contributed by atoms with Gasteiger partial charge in [-0.1, -0.05) is 25.1 Å². The zero-order valence-corrected chi connectivity index (χ0v) is 12.3. The maximum absolute atomic E-state index is 5.91. The summed E-state index contributed by atoms with van der Waals surface area (Å²) < 4.78 is 16.9. The lowest BCUT2D eigenvalue weighted by Crippen LogP contribution is -2.13. The number of furan rings is 1. The van der Waals surface area contributed by atoms with Crippen LogP contribution < -0.4 is 5.32 Å². The van der Waals surface area contributed by atoms with Crippen LogP contribution in [0.25, 0.3) is 11.0 Å². The van der Waals surface area contributed by atoms with Gasteiger partial charge >= 0.3 is 0 Å². The van der Waals surface area contributed by atoms with E-state index in [4.69, 9.17) is 13.9 Å². The lowest BCUT2D eigenvalue weighted by Gasteiger charge is -2.06. The molecule has 0 fully saturated rings. The van der Waals surface area contributed by atoms with Crippen LogP contribution >= 0.6 is 0 Å². The molecule has 1 heterocycles. The number of para-hydroxylation sites is 1. The van der Waals surface area contributed by atoms with E-state index >= 15 is 0 Å². The van der Waals surface area contributed by atoms with E-state index in [1.54, 1.807) is 0 Å². The molecule has 2 aromatic rings. The molecule has 0 saturated heterocycles. The van der Waals surface area contributed by atoms with Gasteiger partial charge in [0, 0.05) is 17.6 Å². The van der Waals surface area contributed by atoms with E-state index in [1.165, 1.54) is 0 Å². The summed E-state index contributed by atoms with van der Waals surface area (Å²) in [6.07, 6.45) is 0. The predicted molar refractivity (Wildman–Crippen MR) is 79.7 cm³/mol. The van der Waals surface area contributed by atoms with Crippen molar-refractivity contribution in [3.63, 3.8) is 0 Å². The molecule has 1 aromatic heterocycles. The van der Waals surface area contributed by atoms with E-state index < -0.39 is 0 Å². The highest BCUT2D eigenvalue weighted by Crippen LogP contribution is 2.26. The van der Waals surface area contributed by atoms with Crippen LogP contribution in [0.3, 0.4) is 0 Å². The van der Waals surface area contributed by atoms with Gasteiger partial charge in [0.15, 0.2) is 0 Å². The van der Waals surface area contributed by atoms with Gasteiger partial charge in [-0.2, -0.15) is 0 Å². The third-order valence-electron chi connectivity index (χ3n) is 3.14. The molecule has 0 spiro atoms. The zero-order valence-electron chi connectivity index (χ0n) is 12.3. The first-order valence-electron chi connectivity index (χ1n) is 7.22. The van der Waals surface area contributed by atoms with Crippen molar-refractivity contribution in [3.05, 3.63) is 35.6 Å². The van der Waals surface area contributed by atoms with Gasteiger partial charge in [0.25, 0.3) is 0 Å². The molecule has 1 aromatic carbocycles. The Kier molecular flexibility index (Phi) is 6.05. The van der Waals surface area contributed by atoms with Gasteiger partial charge in [-0.15, -0.1) is 0 Å². The van der Waals surface area contributed by atoms with Crippen LogP contribution in [-0.4, -0.2) is 26.4 Å². The molecular weight excluding hydrogens is 254 g/mol. The molecule has 0 amide bonds. The minimum Gasteiger partial charge on any atom is -0.459 e. The van der Waals surface area contributed by atoms with Crippen molar-refractivity contribution in [3.8, 4) is 0 Å². The van der Waals surface area contributed by atoms with Gasteiger partial charge in [-0.3, -0.25) is 0 Å². The number of benzene rings is 1. The minimum absolute atomic E-state index is 0.560. The van der Waals surface area contributed by atoms with E-state index in [0.29, 0.717) is 19.8 Å². The molecule has 0 aliphatic heterocycles. The Morgan fingerprint density at radius 1 is 1.10 bits per heavy atom. The molecule has 0 unspecified atom stereocenters. The van der Waals surface area contributed by atoms with Gasteiger partial charge in [0.1, 0.15) is 11.3 Å². The third kappa shape index (κ3) is 3.82. The summed E-state index contributed by atoms with van der Waals surface area (Å²) in [5.74, 6) is 0.962. The Bertz CT molecular complexity index is 521. The van der Waals surface area contributed by atoms with Crippen LogP contribution in [-0.2, 0) is 22.6 Å². The minimum atomic E-state index is 0.560. The van der Waals surface area contributed by atoms with Crippen molar-refractivity contribution in [2.75, 3.05) is 26.4 Å². The molecule has 110 valence electrons. The van der Waals surface area contributed by atoms with Gasteiger partial charge in [0.05, 0.1) is 26.4 Å². The van der Waals surface area contributed by atoms with E-state index in [0.717, 1.165) is 42.0 Å². The predicted octanol–water partition coefficient (Wildman–Crippen LogP) is 3.10. The first-order chi connectivity index (χ1) is 9.86. The molecule has 4 heteroatoms. The third-order valence-corrected chi connectivity index (χ3v) is 3.14. The van der Waals surface area contributed by atoms with Crippen LogP contribution in [0.5, 0.6) is 0 Å². The van der Waals surface area contributed by atoms with E-state index in [-0.39, 0.29) is 0 Å². The SMILES string of the molecule is CCNCc1oc2ccccc2c1COCCOCC. The summed E-state index contributed by atoms with van der Waals surface area (Å²) in [6, 6.07) is 8.09. The summed E-state index contributed by atoms with van der Waals surface area (Å²) in [5.41, 5.74) is 2.06. The fourth-order valence-corrected chi connectivity index (χ4v) is 2.13. The fourth-order valence-electron chi connectivity index (χ4n) is 2.13. The van der Waals surface area contributed by atoms with Crippen LogP contribution in [0.15, 0.2) is 28.7 Å². The first kappa shape index (κ1) is 15.0. The van der Waals surface area contributed by atoms with Crippen molar-refractivity contribution in [1.29, 1.82) is 0 Å². The molecule has 4 nitrogen and oxygen atoms in total. The lowest BCUT2D eigenvalue weighted by molar-refractivity contribution is 0.0451. The molecular formula is C16H23NO3. The normalized spacial score (nSPS) is 11.3. The molecule has 0 saturated carbocycles. The molecule has 0 aliphatic carbocycles. The molecule has 1 N–H and O–H groups in total. The second-order valence-corrected chi connectivity index (χ2v) is 4.53. The Morgan fingerprint density at radius 3 is 2.70 bits per heavy atom. The molecule has 0 aliphatic rings. The summed E-state index contributed by atoms with van der Waals surface area (Å²) >= 11 is 0.